The van der Waals surface area contributed by atoms with Crippen LogP contribution in [0.1, 0.15) is 60.8 Å². The SMILES string of the molecule is Cc1cc(C)c(NC(=S)NCCCC(=O)NCCCOc2cccc(CN3CCCCC3)c2)c(C)c1. The van der Waals surface area contributed by atoms with Crippen LogP contribution in [0.15, 0.2) is 36.4 Å². The van der Waals surface area contributed by atoms with E-state index in [2.05, 4.69) is 72.0 Å². The first-order chi connectivity index (χ1) is 17.4. The fourth-order valence-electron chi connectivity index (χ4n) is 4.67. The highest BCUT2D eigenvalue weighted by molar-refractivity contribution is 7.80. The third-order valence-electron chi connectivity index (χ3n) is 6.45. The topological polar surface area (TPSA) is 65.6 Å². The number of piperidine rings is 1. The highest BCUT2D eigenvalue weighted by Gasteiger charge is 2.11. The maximum atomic E-state index is 12.1. The standard InChI is InChI=1S/C29H42N4O2S/c1-22-18-23(2)28(24(3)19-22)32-29(36)31-13-8-12-27(34)30-14-9-17-35-26-11-7-10-25(20-26)21-33-15-5-4-6-16-33/h7,10-11,18-20H,4-6,8-9,12-17,21H2,1-3H3,(H,30,34)(H2,31,32,36). The summed E-state index contributed by atoms with van der Waals surface area (Å²) >= 11 is 5.42. The molecule has 6 nitrogen and oxygen atoms in total. The fourth-order valence-corrected chi connectivity index (χ4v) is 4.88. The van der Waals surface area contributed by atoms with Crippen molar-refractivity contribution in [3.8, 4) is 5.75 Å². The van der Waals surface area contributed by atoms with Gasteiger partial charge in [0, 0.05) is 31.7 Å². The molecule has 1 heterocycles. The van der Waals surface area contributed by atoms with E-state index in [4.69, 9.17) is 17.0 Å². The quantitative estimate of drug-likeness (QED) is 0.268. The minimum Gasteiger partial charge on any atom is -0.494 e. The monoisotopic (exact) mass is 510 g/mol. The number of nitrogens with one attached hydrogen (secondary N) is 3. The van der Waals surface area contributed by atoms with E-state index >= 15 is 0 Å². The summed E-state index contributed by atoms with van der Waals surface area (Å²) in [4.78, 5) is 14.7. The Morgan fingerprint density at radius 1 is 0.972 bits per heavy atom. The number of amides is 1. The fraction of sp³-hybridized carbons (Fsp3) is 0.517. The van der Waals surface area contributed by atoms with Crippen LogP contribution in [0.5, 0.6) is 5.75 Å². The molecule has 0 aliphatic carbocycles. The van der Waals surface area contributed by atoms with Gasteiger partial charge in [-0.05, 0) is 101 Å². The number of nitrogens with zero attached hydrogens (tertiary/aromatic N) is 1. The number of hydrogen-bond acceptors (Lipinski definition) is 4. The van der Waals surface area contributed by atoms with E-state index in [0.717, 1.165) is 30.8 Å². The number of anilines is 1. The number of likely N-dealkylation sites (tertiary alicyclic amines) is 1. The largest absolute Gasteiger partial charge is 0.494 e. The summed E-state index contributed by atoms with van der Waals surface area (Å²) in [5.74, 6) is 0.965. The highest BCUT2D eigenvalue weighted by Crippen LogP contribution is 2.22. The first kappa shape index (κ1) is 27.9. The van der Waals surface area contributed by atoms with Crippen molar-refractivity contribution in [1.82, 2.24) is 15.5 Å². The molecule has 2 aromatic rings. The smallest absolute Gasteiger partial charge is 0.220 e. The number of rotatable bonds is 12. The summed E-state index contributed by atoms with van der Waals surface area (Å²) in [5.41, 5.74) is 5.93. The lowest BCUT2D eigenvalue weighted by molar-refractivity contribution is -0.121. The van der Waals surface area contributed by atoms with Crippen molar-refractivity contribution in [2.45, 2.75) is 65.8 Å². The molecule has 1 aliphatic rings. The Morgan fingerprint density at radius 3 is 2.44 bits per heavy atom. The van der Waals surface area contributed by atoms with Crippen molar-refractivity contribution in [1.29, 1.82) is 0 Å². The Hall–Kier alpha value is -2.64. The lowest BCUT2D eigenvalue weighted by Gasteiger charge is -2.26. The van der Waals surface area contributed by atoms with Gasteiger partial charge in [-0.15, -0.1) is 0 Å². The van der Waals surface area contributed by atoms with Crippen molar-refractivity contribution in [3.05, 3.63) is 58.7 Å². The zero-order valence-corrected chi connectivity index (χ0v) is 22.9. The molecule has 1 amide bonds. The van der Waals surface area contributed by atoms with Gasteiger partial charge in [-0.3, -0.25) is 9.69 Å². The van der Waals surface area contributed by atoms with Crippen LogP contribution in [-0.4, -0.2) is 48.7 Å². The van der Waals surface area contributed by atoms with Gasteiger partial charge in [-0.2, -0.15) is 0 Å². The maximum absolute atomic E-state index is 12.1. The molecule has 36 heavy (non-hydrogen) atoms. The molecular formula is C29H42N4O2S. The van der Waals surface area contributed by atoms with E-state index in [1.807, 2.05) is 6.07 Å². The van der Waals surface area contributed by atoms with E-state index in [1.165, 1.54) is 54.6 Å². The zero-order valence-electron chi connectivity index (χ0n) is 22.1. The van der Waals surface area contributed by atoms with Crippen molar-refractivity contribution >= 4 is 28.9 Å². The number of ether oxygens (including phenoxy) is 1. The number of aryl methyl sites for hydroxylation is 3. The first-order valence-electron chi connectivity index (χ1n) is 13.2. The predicted octanol–water partition coefficient (Wildman–Crippen LogP) is 5.25. The van der Waals surface area contributed by atoms with Crippen LogP contribution in [0.25, 0.3) is 0 Å². The maximum Gasteiger partial charge on any atom is 0.220 e. The molecule has 7 heteroatoms. The Morgan fingerprint density at radius 2 is 1.69 bits per heavy atom. The molecule has 1 aliphatic heterocycles. The van der Waals surface area contributed by atoms with E-state index in [9.17, 15) is 4.79 Å². The number of hydrogen-bond donors (Lipinski definition) is 3. The van der Waals surface area contributed by atoms with Crippen LogP contribution in [0.2, 0.25) is 0 Å². The average molecular weight is 511 g/mol. The summed E-state index contributed by atoms with van der Waals surface area (Å²) in [5, 5.41) is 10.0. The molecule has 3 rings (SSSR count). The number of benzene rings is 2. The second-order valence-electron chi connectivity index (χ2n) is 9.79. The molecule has 1 saturated heterocycles. The van der Waals surface area contributed by atoms with Gasteiger partial charge in [0.05, 0.1) is 6.61 Å². The Kier molecular flexibility index (Phi) is 11.5. The molecule has 0 spiro atoms. The summed E-state index contributed by atoms with van der Waals surface area (Å²) in [7, 11) is 0. The van der Waals surface area contributed by atoms with Gasteiger partial charge in [0.1, 0.15) is 5.75 Å². The van der Waals surface area contributed by atoms with Gasteiger partial charge in [0.15, 0.2) is 5.11 Å². The Bertz CT molecular complexity index is 982. The summed E-state index contributed by atoms with van der Waals surface area (Å²) in [6.07, 6.45) is 5.93. The van der Waals surface area contributed by atoms with Crippen LogP contribution >= 0.6 is 12.2 Å². The van der Waals surface area contributed by atoms with Crippen LogP contribution in [0.3, 0.4) is 0 Å². The van der Waals surface area contributed by atoms with Gasteiger partial charge in [-0.1, -0.05) is 36.2 Å². The van der Waals surface area contributed by atoms with Crippen LogP contribution in [0, 0.1) is 20.8 Å². The molecule has 2 aromatic carbocycles. The minimum absolute atomic E-state index is 0.0597. The van der Waals surface area contributed by atoms with Gasteiger partial charge < -0.3 is 20.7 Å². The van der Waals surface area contributed by atoms with Crippen LogP contribution in [0.4, 0.5) is 5.69 Å². The van der Waals surface area contributed by atoms with Crippen molar-refractivity contribution < 1.29 is 9.53 Å². The highest BCUT2D eigenvalue weighted by atomic mass is 32.1. The van der Waals surface area contributed by atoms with Gasteiger partial charge in [-0.25, -0.2) is 0 Å². The van der Waals surface area contributed by atoms with Crippen molar-refractivity contribution in [2.75, 3.05) is 38.1 Å². The molecule has 0 atom stereocenters. The lowest BCUT2D eigenvalue weighted by Crippen LogP contribution is -2.31. The minimum atomic E-state index is 0.0597. The third-order valence-corrected chi connectivity index (χ3v) is 6.69. The number of carbonyl (C=O) groups is 1. The number of carbonyl (C=O) groups excluding carboxylic acids is 1. The molecule has 0 radical (unpaired) electrons. The van der Waals surface area contributed by atoms with E-state index in [-0.39, 0.29) is 5.91 Å². The molecule has 0 bridgehead atoms. The van der Waals surface area contributed by atoms with Gasteiger partial charge in [0.2, 0.25) is 5.91 Å². The molecule has 0 unspecified atom stereocenters. The van der Waals surface area contributed by atoms with Crippen molar-refractivity contribution in [3.63, 3.8) is 0 Å². The molecule has 0 aromatic heterocycles. The summed E-state index contributed by atoms with van der Waals surface area (Å²) in [6, 6.07) is 12.7. The molecular weight excluding hydrogens is 468 g/mol. The Labute approximate surface area is 222 Å². The first-order valence-corrected chi connectivity index (χ1v) is 13.6. The summed E-state index contributed by atoms with van der Waals surface area (Å²) < 4.78 is 5.91. The van der Waals surface area contributed by atoms with Gasteiger partial charge >= 0.3 is 0 Å². The lowest BCUT2D eigenvalue weighted by atomic mass is 10.1. The van der Waals surface area contributed by atoms with Crippen molar-refractivity contribution in [2.24, 2.45) is 0 Å². The van der Waals surface area contributed by atoms with E-state index in [1.54, 1.807) is 0 Å². The van der Waals surface area contributed by atoms with E-state index < -0.39 is 0 Å². The zero-order chi connectivity index (χ0) is 25.8. The van der Waals surface area contributed by atoms with Crippen LogP contribution in [-0.2, 0) is 11.3 Å². The predicted molar refractivity (Wildman–Crippen MR) is 153 cm³/mol. The van der Waals surface area contributed by atoms with Gasteiger partial charge in [0.25, 0.3) is 0 Å². The number of thiocarbonyl (C=S) groups is 1. The van der Waals surface area contributed by atoms with Crippen LogP contribution < -0.4 is 20.7 Å². The normalized spacial score (nSPS) is 13.8. The molecule has 3 N–H and O–H groups in total. The molecule has 196 valence electrons. The third kappa shape index (κ3) is 9.78. The van der Waals surface area contributed by atoms with E-state index in [0.29, 0.717) is 31.2 Å². The molecule has 1 fully saturated rings. The summed E-state index contributed by atoms with van der Waals surface area (Å²) in [6.45, 7) is 11.5. The second-order valence-corrected chi connectivity index (χ2v) is 10.2. The Balaban J connectivity index is 1.24. The average Bonchev–Trinajstić information content (AvgIpc) is 2.85. The second kappa shape index (κ2) is 14.8. The molecule has 0 saturated carbocycles.